The maximum atomic E-state index is 12.0. The molecule has 0 radical (unpaired) electrons. The summed E-state index contributed by atoms with van der Waals surface area (Å²) in [6.45, 7) is 2.72. The molecule has 0 bridgehead atoms. The number of rotatable bonds is 4. The monoisotopic (exact) mass is 344 g/mol. The molecule has 3 rings (SSSR count). The van der Waals surface area contributed by atoms with Gasteiger partial charge in [-0.1, -0.05) is 11.6 Å². The van der Waals surface area contributed by atoms with E-state index < -0.39 is 0 Å². The number of pyridine rings is 1. The van der Waals surface area contributed by atoms with Gasteiger partial charge in [-0.25, -0.2) is 4.79 Å². The second kappa shape index (κ2) is 8.02. The van der Waals surface area contributed by atoms with E-state index in [1.165, 1.54) is 5.69 Å². The maximum absolute atomic E-state index is 12.0. The minimum absolute atomic E-state index is 0.172. The standard InChI is InChI=1S/C18H21ClN4O/c19-15-1-3-16(4-2-15)22-18(24)21-13-14-7-11-23(12-8-14)17-5-9-20-10-6-17/h1-6,9-10,14H,7-8,11-13H2,(H2,21,22,24). The lowest BCUT2D eigenvalue weighted by molar-refractivity contribution is 0.248. The van der Waals surface area contributed by atoms with Crippen molar-refractivity contribution >= 4 is 29.0 Å². The van der Waals surface area contributed by atoms with Crippen molar-refractivity contribution in [1.82, 2.24) is 10.3 Å². The van der Waals surface area contributed by atoms with Gasteiger partial charge in [0.25, 0.3) is 0 Å². The predicted molar refractivity (Wildman–Crippen MR) is 97.6 cm³/mol. The van der Waals surface area contributed by atoms with Crippen LogP contribution in [0.25, 0.3) is 0 Å². The lowest BCUT2D eigenvalue weighted by Gasteiger charge is -2.33. The van der Waals surface area contributed by atoms with Gasteiger partial charge in [-0.05, 0) is 55.2 Å². The number of benzene rings is 1. The minimum Gasteiger partial charge on any atom is -0.371 e. The highest BCUT2D eigenvalue weighted by atomic mass is 35.5. The Balaban J connectivity index is 1.40. The zero-order chi connectivity index (χ0) is 16.8. The molecule has 1 saturated heterocycles. The van der Waals surface area contributed by atoms with Crippen LogP contribution in [0, 0.1) is 5.92 Å². The minimum atomic E-state index is -0.172. The highest BCUT2D eigenvalue weighted by molar-refractivity contribution is 6.30. The molecule has 2 aromatic rings. The topological polar surface area (TPSA) is 57.3 Å². The van der Waals surface area contributed by atoms with Crippen molar-refractivity contribution < 1.29 is 4.79 Å². The SMILES string of the molecule is O=C(NCC1CCN(c2ccncc2)CC1)Nc1ccc(Cl)cc1. The number of halogens is 1. The first kappa shape index (κ1) is 16.6. The van der Waals surface area contributed by atoms with Gasteiger partial charge in [0.1, 0.15) is 0 Å². The van der Waals surface area contributed by atoms with Crippen molar-refractivity contribution in [3.63, 3.8) is 0 Å². The number of hydrogen-bond donors (Lipinski definition) is 2. The highest BCUT2D eigenvalue weighted by Crippen LogP contribution is 2.22. The van der Waals surface area contributed by atoms with Crippen LogP contribution in [0.4, 0.5) is 16.2 Å². The Kier molecular flexibility index (Phi) is 5.54. The fourth-order valence-corrected chi connectivity index (χ4v) is 3.02. The lowest BCUT2D eigenvalue weighted by atomic mass is 9.96. The summed E-state index contributed by atoms with van der Waals surface area (Å²) in [5, 5.41) is 6.43. The molecule has 1 aliphatic rings. The van der Waals surface area contributed by atoms with Crippen LogP contribution in [0.5, 0.6) is 0 Å². The Bertz CT molecular complexity index is 654. The van der Waals surface area contributed by atoms with Crippen LogP contribution in [0.2, 0.25) is 5.02 Å². The van der Waals surface area contributed by atoms with E-state index in [0.717, 1.165) is 31.6 Å². The zero-order valence-electron chi connectivity index (χ0n) is 13.4. The molecule has 0 spiro atoms. The van der Waals surface area contributed by atoms with E-state index in [0.29, 0.717) is 17.5 Å². The highest BCUT2D eigenvalue weighted by Gasteiger charge is 2.19. The molecular formula is C18H21ClN4O. The van der Waals surface area contributed by atoms with Crippen LogP contribution >= 0.6 is 11.6 Å². The van der Waals surface area contributed by atoms with Gasteiger partial charge in [-0.2, -0.15) is 0 Å². The number of amides is 2. The molecule has 2 N–H and O–H groups in total. The van der Waals surface area contributed by atoms with Gasteiger partial charge in [0, 0.05) is 48.4 Å². The number of carbonyl (C=O) groups is 1. The number of nitrogens with zero attached hydrogens (tertiary/aromatic N) is 2. The molecule has 6 heteroatoms. The normalized spacial score (nSPS) is 15.1. The number of urea groups is 1. The molecule has 0 saturated carbocycles. The van der Waals surface area contributed by atoms with Crippen LogP contribution in [0.15, 0.2) is 48.8 Å². The van der Waals surface area contributed by atoms with Crippen molar-refractivity contribution in [3.8, 4) is 0 Å². The molecule has 0 atom stereocenters. The molecule has 2 heterocycles. The molecule has 1 aromatic heterocycles. The Morgan fingerprint density at radius 3 is 2.46 bits per heavy atom. The summed E-state index contributed by atoms with van der Waals surface area (Å²) >= 11 is 5.83. The van der Waals surface area contributed by atoms with Crippen molar-refractivity contribution in [3.05, 3.63) is 53.8 Å². The van der Waals surface area contributed by atoms with Crippen molar-refractivity contribution in [1.29, 1.82) is 0 Å². The van der Waals surface area contributed by atoms with Crippen LogP contribution in [-0.4, -0.2) is 30.6 Å². The van der Waals surface area contributed by atoms with Gasteiger partial charge in [0.05, 0.1) is 0 Å². The molecule has 1 fully saturated rings. The van der Waals surface area contributed by atoms with Crippen LogP contribution in [0.3, 0.4) is 0 Å². The summed E-state index contributed by atoms with van der Waals surface area (Å²) in [6, 6.07) is 11.0. The van der Waals surface area contributed by atoms with Gasteiger partial charge in [0.2, 0.25) is 0 Å². The van der Waals surface area contributed by atoms with Gasteiger partial charge in [-0.15, -0.1) is 0 Å². The number of hydrogen-bond acceptors (Lipinski definition) is 3. The predicted octanol–water partition coefficient (Wildman–Crippen LogP) is 3.77. The Labute approximate surface area is 147 Å². The van der Waals surface area contributed by atoms with E-state index in [1.54, 1.807) is 24.3 Å². The second-order valence-corrected chi connectivity index (χ2v) is 6.41. The van der Waals surface area contributed by atoms with E-state index in [9.17, 15) is 4.79 Å². The Morgan fingerprint density at radius 2 is 1.79 bits per heavy atom. The van der Waals surface area contributed by atoms with E-state index in [2.05, 4.69) is 20.5 Å². The Morgan fingerprint density at radius 1 is 1.12 bits per heavy atom. The molecule has 126 valence electrons. The first-order valence-corrected chi connectivity index (χ1v) is 8.54. The maximum Gasteiger partial charge on any atom is 0.319 e. The Hall–Kier alpha value is -2.27. The first-order valence-electron chi connectivity index (χ1n) is 8.16. The average molecular weight is 345 g/mol. The third kappa shape index (κ3) is 4.61. The molecule has 1 aromatic carbocycles. The summed E-state index contributed by atoms with van der Waals surface area (Å²) in [5.41, 5.74) is 1.96. The second-order valence-electron chi connectivity index (χ2n) is 5.98. The van der Waals surface area contributed by atoms with Gasteiger partial charge in [-0.3, -0.25) is 4.98 Å². The van der Waals surface area contributed by atoms with E-state index in [4.69, 9.17) is 11.6 Å². The van der Waals surface area contributed by atoms with Crippen molar-refractivity contribution in [2.75, 3.05) is 29.9 Å². The van der Waals surface area contributed by atoms with E-state index >= 15 is 0 Å². The molecule has 2 amide bonds. The third-order valence-corrected chi connectivity index (χ3v) is 4.55. The quantitative estimate of drug-likeness (QED) is 0.887. The summed E-state index contributed by atoms with van der Waals surface area (Å²) in [7, 11) is 0. The molecule has 5 nitrogen and oxygen atoms in total. The first-order chi connectivity index (χ1) is 11.7. The van der Waals surface area contributed by atoms with Crippen LogP contribution in [-0.2, 0) is 0 Å². The van der Waals surface area contributed by atoms with Gasteiger partial charge < -0.3 is 15.5 Å². The zero-order valence-corrected chi connectivity index (χ0v) is 14.2. The fourth-order valence-electron chi connectivity index (χ4n) is 2.90. The number of anilines is 2. The molecule has 1 aliphatic heterocycles. The average Bonchev–Trinajstić information content (AvgIpc) is 2.63. The summed E-state index contributed by atoms with van der Waals surface area (Å²) < 4.78 is 0. The fraction of sp³-hybridized carbons (Fsp3) is 0.333. The number of aromatic nitrogens is 1. The number of carbonyl (C=O) groups excluding carboxylic acids is 1. The molecule has 0 unspecified atom stereocenters. The largest absolute Gasteiger partial charge is 0.371 e. The summed E-state index contributed by atoms with van der Waals surface area (Å²) in [6.07, 6.45) is 5.79. The van der Waals surface area contributed by atoms with E-state index in [-0.39, 0.29) is 6.03 Å². The van der Waals surface area contributed by atoms with E-state index in [1.807, 2.05) is 24.5 Å². The van der Waals surface area contributed by atoms with Crippen molar-refractivity contribution in [2.24, 2.45) is 5.92 Å². The number of nitrogens with one attached hydrogen (secondary N) is 2. The summed E-state index contributed by atoms with van der Waals surface area (Å²) in [5.74, 6) is 0.513. The smallest absolute Gasteiger partial charge is 0.319 e. The molecule has 24 heavy (non-hydrogen) atoms. The lowest BCUT2D eigenvalue weighted by Crippen LogP contribution is -2.39. The number of piperidine rings is 1. The molecule has 0 aliphatic carbocycles. The summed E-state index contributed by atoms with van der Waals surface area (Å²) in [4.78, 5) is 18.4. The van der Waals surface area contributed by atoms with Crippen molar-refractivity contribution in [2.45, 2.75) is 12.8 Å². The molecular weight excluding hydrogens is 324 g/mol. The van der Waals surface area contributed by atoms with Gasteiger partial charge in [0.15, 0.2) is 0 Å². The van der Waals surface area contributed by atoms with Crippen LogP contribution in [0.1, 0.15) is 12.8 Å². The van der Waals surface area contributed by atoms with Crippen LogP contribution < -0.4 is 15.5 Å². The third-order valence-electron chi connectivity index (χ3n) is 4.30. The van der Waals surface area contributed by atoms with Gasteiger partial charge >= 0.3 is 6.03 Å².